The van der Waals surface area contributed by atoms with Crippen LogP contribution in [0, 0.1) is 13.8 Å². The molecule has 0 aliphatic heterocycles. The minimum Gasteiger partial charge on any atom is -0.372 e. The molecule has 1 aliphatic rings. The molecule has 0 saturated carbocycles. The lowest BCUT2D eigenvalue weighted by Crippen LogP contribution is -2.28. The van der Waals surface area contributed by atoms with Gasteiger partial charge in [0.1, 0.15) is 0 Å². The number of fused-ring (bicyclic) bond motifs is 5. The van der Waals surface area contributed by atoms with Gasteiger partial charge in [-0.3, -0.25) is 0 Å². The average molecular weight is 400 g/mol. The third kappa shape index (κ3) is 2.95. The van der Waals surface area contributed by atoms with Crippen molar-refractivity contribution in [3.63, 3.8) is 0 Å². The lowest BCUT2D eigenvalue weighted by molar-refractivity contribution is -0.491. The SMILES string of the molecule is CCN(CC)c1ccc(/C=C2\CCc3cnc4nn5c(C)cc(C)nc5[n+]4c32)cc1. The Morgan fingerprint density at radius 2 is 1.87 bits per heavy atom. The summed E-state index contributed by atoms with van der Waals surface area (Å²) in [6.45, 7) is 10.5. The summed E-state index contributed by atoms with van der Waals surface area (Å²) in [6.07, 6.45) is 6.28. The quantitative estimate of drug-likeness (QED) is 0.490. The van der Waals surface area contributed by atoms with Crippen molar-refractivity contribution in [1.29, 1.82) is 0 Å². The summed E-state index contributed by atoms with van der Waals surface area (Å²) in [6, 6.07) is 10.9. The topological polar surface area (TPSA) is 50.4 Å². The lowest BCUT2D eigenvalue weighted by Gasteiger charge is -2.20. The maximum atomic E-state index is 4.78. The summed E-state index contributed by atoms with van der Waals surface area (Å²) in [5.74, 6) is 1.52. The van der Waals surface area contributed by atoms with Crippen molar-refractivity contribution < 1.29 is 4.40 Å². The number of nitrogens with zero attached hydrogens (tertiary/aromatic N) is 6. The van der Waals surface area contributed by atoms with E-state index in [4.69, 9.17) is 10.1 Å². The van der Waals surface area contributed by atoms with Crippen molar-refractivity contribution in [3.05, 3.63) is 64.7 Å². The summed E-state index contributed by atoms with van der Waals surface area (Å²) in [5.41, 5.74) is 8.31. The molecule has 30 heavy (non-hydrogen) atoms. The predicted octanol–water partition coefficient (Wildman–Crippen LogP) is 3.81. The van der Waals surface area contributed by atoms with Gasteiger partial charge in [0.05, 0.1) is 23.3 Å². The lowest BCUT2D eigenvalue weighted by atomic mass is 10.1. The van der Waals surface area contributed by atoms with Gasteiger partial charge >= 0.3 is 11.6 Å². The van der Waals surface area contributed by atoms with Crippen molar-refractivity contribution in [1.82, 2.24) is 19.6 Å². The highest BCUT2D eigenvalue weighted by Crippen LogP contribution is 2.31. The Morgan fingerprint density at radius 1 is 1.10 bits per heavy atom. The van der Waals surface area contributed by atoms with Crippen LogP contribution in [0.3, 0.4) is 0 Å². The van der Waals surface area contributed by atoms with Gasteiger partial charge in [-0.1, -0.05) is 12.1 Å². The Morgan fingerprint density at radius 3 is 2.60 bits per heavy atom. The molecule has 0 amide bonds. The molecule has 0 radical (unpaired) electrons. The molecule has 0 fully saturated rings. The van der Waals surface area contributed by atoms with Gasteiger partial charge < -0.3 is 4.90 Å². The minimum atomic E-state index is 0.694. The van der Waals surface area contributed by atoms with Crippen LogP contribution in [0.2, 0.25) is 0 Å². The van der Waals surface area contributed by atoms with E-state index < -0.39 is 0 Å². The number of aromatic nitrogens is 5. The van der Waals surface area contributed by atoms with Crippen molar-refractivity contribution in [3.8, 4) is 0 Å². The molecular formula is C24H27N6+. The molecule has 3 aromatic heterocycles. The fourth-order valence-electron chi connectivity index (χ4n) is 4.51. The Balaban J connectivity index is 1.64. The molecule has 0 unspecified atom stereocenters. The molecule has 0 atom stereocenters. The van der Waals surface area contributed by atoms with E-state index >= 15 is 0 Å². The fraction of sp³-hybridized carbons (Fsp3) is 0.333. The normalized spacial score (nSPS) is 14.7. The molecule has 3 heterocycles. The standard InChI is InChI=1S/C24H27N6/c1-5-28(6-2)21-11-7-18(8-12-21)14-19-9-10-20-15-25-23-27-30-17(4)13-16(3)26-24(30)29(23)22(19)20/h7-8,11-15H,5-6,9-10H2,1-4H3/q+1/b19-14+. The Bertz CT molecular complexity index is 1280. The van der Waals surface area contributed by atoms with Crippen LogP contribution in [0.25, 0.3) is 23.2 Å². The van der Waals surface area contributed by atoms with Crippen molar-refractivity contribution in [2.45, 2.75) is 40.5 Å². The van der Waals surface area contributed by atoms with Crippen LogP contribution in [0.4, 0.5) is 5.69 Å². The Kier molecular flexibility index (Phi) is 4.50. The predicted molar refractivity (Wildman–Crippen MR) is 120 cm³/mol. The van der Waals surface area contributed by atoms with Crippen molar-refractivity contribution in [2.24, 2.45) is 0 Å². The van der Waals surface area contributed by atoms with Crippen LogP contribution in [-0.2, 0) is 6.42 Å². The summed E-state index contributed by atoms with van der Waals surface area (Å²) < 4.78 is 4.02. The molecule has 152 valence electrons. The van der Waals surface area contributed by atoms with Crippen LogP contribution in [-0.4, -0.2) is 32.7 Å². The highest BCUT2D eigenvalue weighted by Gasteiger charge is 2.28. The monoisotopic (exact) mass is 399 g/mol. The van der Waals surface area contributed by atoms with Gasteiger partial charge in [0, 0.05) is 35.5 Å². The van der Waals surface area contributed by atoms with E-state index in [-0.39, 0.29) is 0 Å². The summed E-state index contributed by atoms with van der Waals surface area (Å²) in [7, 11) is 0. The number of anilines is 1. The molecule has 5 rings (SSSR count). The molecule has 6 nitrogen and oxygen atoms in total. The second-order valence-corrected chi connectivity index (χ2v) is 7.95. The van der Waals surface area contributed by atoms with Crippen molar-refractivity contribution in [2.75, 3.05) is 18.0 Å². The summed E-state index contributed by atoms with van der Waals surface area (Å²) in [5, 5.41) is 4.70. The van der Waals surface area contributed by atoms with E-state index in [0.717, 1.165) is 43.1 Å². The maximum Gasteiger partial charge on any atom is 0.389 e. The molecule has 1 aromatic carbocycles. The molecule has 0 spiro atoms. The second kappa shape index (κ2) is 7.20. The van der Waals surface area contributed by atoms with Gasteiger partial charge in [-0.15, -0.1) is 14.5 Å². The van der Waals surface area contributed by atoms with Gasteiger partial charge in [-0.2, -0.15) is 4.40 Å². The van der Waals surface area contributed by atoms with Gasteiger partial charge in [0.2, 0.25) is 0 Å². The van der Waals surface area contributed by atoms with Gasteiger partial charge in [-0.25, -0.2) is 0 Å². The van der Waals surface area contributed by atoms with Crippen LogP contribution >= 0.6 is 0 Å². The maximum absolute atomic E-state index is 4.78. The molecule has 6 heteroatoms. The first-order chi connectivity index (χ1) is 14.6. The van der Waals surface area contributed by atoms with Gasteiger partial charge in [0.15, 0.2) is 0 Å². The molecular weight excluding hydrogens is 372 g/mol. The third-order valence-corrected chi connectivity index (χ3v) is 6.00. The molecule has 0 saturated heterocycles. The summed E-state index contributed by atoms with van der Waals surface area (Å²) in [4.78, 5) is 11.8. The first-order valence-corrected chi connectivity index (χ1v) is 10.7. The number of rotatable bonds is 4. The largest absolute Gasteiger partial charge is 0.389 e. The highest BCUT2D eigenvalue weighted by molar-refractivity contribution is 5.83. The number of hydrogen-bond donors (Lipinski definition) is 0. The van der Waals surface area contributed by atoms with Gasteiger partial charge in [-0.05, 0) is 69.9 Å². The van der Waals surface area contributed by atoms with Crippen molar-refractivity contribution >= 4 is 28.9 Å². The van der Waals surface area contributed by atoms with E-state index in [9.17, 15) is 0 Å². The molecule has 4 aromatic rings. The van der Waals surface area contributed by atoms with E-state index in [1.165, 1.54) is 28.1 Å². The zero-order chi connectivity index (χ0) is 20.8. The van der Waals surface area contributed by atoms with E-state index in [0.29, 0.717) is 5.78 Å². The van der Waals surface area contributed by atoms with Crippen LogP contribution in [0.5, 0.6) is 0 Å². The van der Waals surface area contributed by atoms with E-state index in [1.54, 1.807) is 0 Å². The summed E-state index contributed by atoms with van der Waals surface area (Å²) >= 11 is 0. The zero-order valence-corrected chi connectivity index (χ0v) is 18.1. The number of hydrogen-bond acceptors (Lipinski definition) is 4. The first-order valence-electron chi connectivity index (χ1n) is 10.7. The Hall–Kier alpha value is -3.28. The van der Waals surface area contributed by atoms with Crippen LogP contribution in [0.1, 0.15) is 48.5 Å². The first kappa shape index (κ1) is 18.7. The zero-order valence-electron chi connectivity index (χ0n) is 18.1. The van der Waals surface area contributed by atoms with Crippen LogP contribution < -0.4 is 9.30 Å². The van der Waals surface area contributed by atoms with E-state index in [1.807, 2.05) is 23.7 Å². The fourth-order valence-corrected chi connectivity index (χ4v) is 4.51. The Labute approximate surface area is 176 Å². The third-order valence-electron chi connectivity index (χ3n) is 6.00. The van der Waals surface area contributed by atoms with Gasteiger partial charge in [0.25, 0.3) is 0 Å². The van der Waals surface area contributed by atoms with Crippen LogP contribution in [0.15, 0.2) is 36.5 Å². The highest BCUT2D eigenvalue weighted by atomic mass is 15.4. The molecule has 0 bridgehead atoms. The van der Waals surface area contributed by atoms with E-state index in [2.05, 4.69) is 65.4 Å². The second-order valence-electron chi connectivity index (χ2n) is 7.95. The number of benzene rings is 1. The average Bonchev–Trinajstić information content (AvgIpc) is 3.31. The number of aryl methyl sites for hydroxylation is 3. The smallest absolute Gasteiger partial charge is 0.372 e. The molecule has 1 aliphatic carbocycles. The number of allylic oxidation sites excluding steroid dienone is 1. The molecule has 0 N–H and O–H groups in total. The minimum absolute atomic E-state index is 0.694.